The molecule has 0 bridgehead atoms. The number of hydrogen-bond donors (Lipinski definition) is 2. The lowest BCUT2D eigenvalue weighted by molar-refractivity contribution is -0.147. The summed E-state index contributed by atoms with van der Waals surface area (Å²) < 4.78 is 21.7. The molecule has 0 saturated heterocycles. The molecular formula is C22H25BrN2O7. The van der Waals surface area contributed by atoms with Gasteiger partial charge in [0, 0.05) is 22.8 Å². The van der Waals surface area contributed by atoms with Gasteiger partial charge in [-0.3, -0.25) is 0 Å². The summed E-state index contributed by atoms with van der Waals surface area (Å²) in [5, 5.41) is 2.94. The number of nitrogens with one attached hydrogen (secondary N) is 1. The van der Waals surface area contributed by atoms with E-state index in [0.717, 1.165) is 6.42 Å². The summed E-state index contributed by atoms with van der Waals surface area (Å²) in [5.41, 5.74) is 4.74. The summed E-state index contributed by atoms with van der Waals surface area (Å²) in [7, 11) is 1.47. The van der Waals surface area contributed by atoms with Crippen molar-refractivity contribution in [2.45, 2.75) is 32.1 Å². The fraction of sp³-hybridized carbons (Fsp3) is 0.409. The van der Waals surface area contributed by atoms with E-state index in [1.54, 1.807) is 18.2 Å². The van der Waals surface area contributed by atoms with Gasteiger partial charge in [0.25, 0.3) is 0 Å². The molecule has 0 aliphatic carbocycles. The summed E-state index contributed by atoms with van der Waals surface area (Å²) in [6.07, 6.45) is 1.44. The minimum absolute atomic E-state index is 0.0249. The zero-order valence-corrected chi connectivity index (χ0v) is 19.7. The van der Waals surface area contributed by atoms with Gasteiger partial charge in [-0.2, -0.15) is 0 Å². The molecule has 1 spiro atoms. The van der Waals surface area contributed by atoms with E-state index in [1.165, 1.54) is 14.0 Å². The first-order valence-electron chi connectivity index (χ1n) is 10.1. The van der Waals surface area contributed by atoms with Gasteiger partial charge < -0.3 is 30.0 Å². The molecule has 0 radical (unpaired) electrons. The Bertz CT molecular complexity index is 1020. The number of unbranched alkanes of at least 4 members (excludes halogenated alkanes) is 1. The fourth-order valence-electron chi connectivity index (χ4n) is 3.82. The van der Waals surface area contributed by atoms with Crippen LogP contribution in [0.2, 0.25) is 0 Å². The summed E-state index contributed by atoms with van der Waals surface area (Å²) in [6.45, 7) is 3.67. The number of fused-ring (bicyclic) bond motifs is 2. The second kappa shape index (κ2) is 9.74. The van der Waals surface area contributed by atoms with Crippen molar-refractivity contribution in [2.75, 3.05) is 32.2 Å². The third-order valence-electron chi connectivity index (χ3n) is 5.24. The standard InChI is InChI=1S/C22H25BrN2O7/c1-4-5-8-30-20(27)17-18(24)25-15-7-6-13(23)11-14(15)22(17)16(12(2)32-21(22)28)19(26)31-10-9-29-3/h6-7,11,25H,4-5,8-10,24H2,1-3H3/t22-/m0/s1. The van der Waals surface area contributed by atoms with Crippen molar-refractivity contribution in [1.82, 2.24) is 0 Å². The molecule has 0 unspecified atom stereocenters. The first-order valence-corrected chi connectivity index (χ1v) is 10.9. The molecule has 3 rings (SSSR count). The molecule has 2 heterocycles. The maximum atomic E-state index is 13.4. The SMILES string of the molecule is CCCCOC(=O)C1=C(N)Nc2ccc(Br)cc2[C@@]12C(=O)OC(C)=C2C(=O)OCCOC. The number of benzene rings is 1. The number of nitrogens with two attached hydrogens (primary N) is 1. The van der Waals surface area contributed by atoms with Gasteiger partial charge in [-0.05, 0) is 31.5 Å². The highest BCUT2D eigenvalue weighted by Gasteiger charge is 2.62. The van der Waals surface area contributed by atoms with Gasteiger partial charge in [0.2, 0.25) is 0 Å². The first-order chi connectivity index (χ1) is 15.3. The van der Waals surface area contributed by atoms with Gasteiger partial charge >= 0.3 is 17.9 Å². The van der Waals surface area contributed by atoms with E-state index in [2.05, 4.69) is 21.2 Å². The summed E-state index contributed by atoms with van der Waals surface area (Å²) in [6, 6.07) is 5.06. The lowest BCUT2D eigenvalue weighted by Gasteiger charge is -2.36. The summed E-state index contributed by atoms with van der Waals surface area (Å²) >= 11 is 3.40. The number of allylic oxidation sites excluding steroid dienone is 1. The van der Waals surface area contributed by atoms with Gasteiger partial charge in [-0.1, -0.05) is 29.3 Å². The predicted octanol–water partition coefficient (Wildman–Crippen LogP) is 2.65. The molecule has 0 fully saturated rings. The van der Waals surface area contributed by atoms with E-state index in [0.29, 0.717) is 22.1 Å². The van der Waals surface area contributed by atoms with Crippen molar-refractivity contribution in [3.8, 4) is 0 Å². The maximum Gasteiger partial charge on any atom is 0.339 e. The van der Waals surface area contributed by atoms with Crippen LogP contribution in [-0.4, -0.2) is 44.8 Å². The zero-order chi connectivity index (χ0) is 23.5. The van der Waals surface area contributed by atoms with E-state index in [9.17, 15) is 14.4 Å². The Morgan fingerprint density at radius 1 is 1.16 bits per heavy atom. The van der Waals surface area contributed by atoms with Crippen LogP contribution in [0.25, 0.3) is 0 Å². The molecular weight excluding hydrogens is 484 g/mol. The maximum absolute atomic E-state index is 13.4. The Kier molecular flexibility index (Phi) is 7.25. The average Bonchev–Trinajstić information content (AvgIpc) is 2.99. The number of hydrogen-bond acceptors (Lipinski definition) is 9. The Hall–Kier alpha value is -2.85. The van der Waals surface area contributed by atoms with E-state index in [1.807, 2.05) is 6.92 Å². The van der Waals surface area contributed by atoms with Crippen LogP contribution in [0.4, 0.5) is 5.69 Å². The van der Waals surface area contributed by atoms with E-state index >= 15 is 0 Å². The Labute approximate surface area is 194 Å². The van der Waals surface area contributed by atoms with Crippen molar-refractivity contribution < 1.29 is 33.3 Å². The van der Waals surface area contributed by atoms with Crippen LogP contribution in [0.1, 0.15) is 32.3 Å². The number of esters is 3. The molecule has 0 saturated carbocycles. The summed E-state index contributed by atoms with van der Waals surface area (Å²) in [5.74, 6) is -2.54. The smallest absolute Gasteiger partial charge is 0.339 e. The van der Waals surface area contributed by atoms with Crippen LogP contribution in [-0.2, 0) is 38.7 Å². The Morgan fingerprint density at radius 3 is 2.53 bits per heavy atom. The molecule has 1 aromatic rings. The molecule has 172 valence electrons. The molecule has 1 atom stereocenters. The number of anilines is 1. The van der Waals surface area contributed by atoms with E-state index in [4.69, 9.17) is 24.7 Å². The first kappa shape index (κ1) is 23.8. The van der Waals surface area contributed by atoms with Crippen molar-refractivity contribution >= 4 is 39.5 Å². The average molecular weight is 509 g/mol. The fourth-order valence-corrected chi connectivity index (χ4v) is 4.18. The topological polar surface area (TPSA) is 126 Å². The van der Waals surface area contributed by atoms with Gasteiger partial charge in [0.15, 0.2) is 5.41 Å². The van der Waals surface area contributed by atoms with Crippen molar-refractivity contribution in [3.63, 3.8) is 0 Å². The lowest BCUT2D eigenvalue weighted by atomic mass is 9.67. The lowest BCUT2D eigenvalue weighted by Crippen LogP contribution is -2.48. The minimum atomic E-state index is -1.94. The summed E-state index contributed by atoms with van der Waals surface area (Å²) in [4.78, 5) is 39.8. The molecule has 2 aliphatic rings. The molecule has 0 amide bonds. The highest BCUT2D eigenvalue weighted by Crippen LogP contribution is 2.53. The molecule has 1 aromatic carbocycles. The van der Waals surface area contributed by atoms with E-state index < -0.39 is 23.3 Å². The van der Waals surface area contributed by atoms with Gasteiger partial charge in [0.1, 0.15) is 29.3 Å². The van der Waals surface area contributed by atoms with Gasteiger partial charge in [-0.15, -0.1) is 0 Å². The highest BCUT2D eigenvalue weighted by molar-refractivity contribution is 9.10. The van der Waals surface area contributed by atoms with Crippen molar-refractivity contribution in [1.29, 1.82) is 0 Å². The highest BCUT2D eigenvalue weighted by atomic mass is 79.9. The number of carbonyl (C=O) groups is 3. The molecule has 2 aliphatic heterocycles. The molecule has 9 nitrogen and oxygen atoms in total. The van der Waals surface area contributed by atoms with Crippen LogP contribution in [0, 0.1) is 0 Å². The van der Waals surface area contributed by atoms with Crippen molar-refractivity contribution in [3.05, 3.63) is 51.0 Å². The van der Waals surface area contributed by atoms with Crippen LogP contribution >= 0.6 is 15.9 Å². The molecule has 32 heavy (non-hydrogen) atoms. The van der Waals surface area contributed by atoms with Gasteiger partial charge in [0.05, 0.1) is 13.2 Å². The van der Waals surface area contributed by atoms with Crippen molar-refractivity contribution in [2.24, 2.45) is 5.73 Å². The third-order valence-corrected chi connectivity index (χ3v) is 5.73. The second-order valence-electron chi connectivity index (χ2n) is 7.29. The number of methoxy groups -OCH3 is 1. The number of cyclic esters (lactones) is 1. The Balaban J connectivity index is 2.22. The normalized spacial score (nSPS) is 19.6. The van der Waals surface area contributed by atoms with Crippen LogP contribution in [0.5, 0.6) is 0 Å². The number of rotatable bonds is 8. The number of halogens is 1. The number of ether oxygens (including phenoxy) is 4. The molecule has 3 N–H and O–H groups in total. The largest absolute Gasteiger partial charge is 0.462 e. The van der Waals surface area contributed by atoms with Crippen LogP contribution in [0.15, 0.2) is 45.4 Å². The van der Waals surface area contributed by atoms with Gasteiger partial charge in [-0.25, -0.2) is 14.4 Å². The van der Waals surface area contributed by atoms with Crippen LogP contribution in [0.3, 0.4) is 0 Å². The quantitative estimate of drug-likeness (QED) is 0.309. The third kappa shape index (κ3) is 4.00. The molecule has 0 aromatic heterocycles. The molecule has 10 heteroatoms. The number of carbonyl (C=O) groups excluding carboxylic acids is 3. The van der Waals surface area contributed by atoms with Crippen LogP contribution < -0.4 is 11.1 Å². The zero-order valence-electron chi connectivity index (χ0n) is 18.1. The monoisotopic (exact) mass is 508 g/mol. The Morgan fingerprint density at radius 2 is 1.84 bits per heavy atom. The predicted molar refractivity (Wildman–Crippen MR) is 118 cm³/mol. The van der Waals surface area contributed by atoms with E-state index in [-0.39, 0.29) is 42.5 Å². The minimum Gasteiger partial charge on any atom is -0.462 e. The second-order valence-corrected chi connectivity index (χ2v) is 8.21.